The normalized spacial score (nSPS) is 19.9. The Bertz CT molecular complexity index is 286. The van der Waals surface area contributed by atoms with Gasteiger partial charge in [0.1, 0.15) is 5.54 Å². The van der Waals surface area contributed by atoms with Gasteiger partial charge < -0.3 is 10.1 Å². The van der Waals surface area contributed by atoms with Crippen molar-refractivity contribution in [3.05, 3.63) is 0 Å². The number of nitriles is 1. The zero-order valence-electron chi connectivity index (χ0n) is 10.8. The summed E-state index contributed by atoms with van der Waals surface area (Å²) in [6.45, 7) is 3.60. The standard InChI is InChI=1S/C13H22N2O2/c1-11(2)17-12(16)15-13(10-14)8-6-4-3-5-7-9-13/h11H,3-9H2,1-2H3,(H,15,16). The van der Waals surface area contributed by atoms with E-state index in [9.17, 15) is 10.1 Å². The predicted molar refractivity (Wildman–Crippen MR) is 65.4 cm³/mol. The zero-order valence-corrected chi connectivity index (χ0v) is 10.8. The lowest BCUT2D eigenvalue weighted by molar-refractivity contribution is 0.106. The minimum Gasteiger partial charge on any atom is -0.447 e. The van der Waals surface area contributed by atoms with Crippen molar-refractivity contribution in [1.29, 1.82) is 5.26 Å². The van der Waals surface area contributed by atoms with E-state index in [-0.39, 0.29) is 6.10 Å². The van der Waals surface area contributed by atoms with E-state index in [1.807, 2.05) is 0 Å². The summed E-state index contributed by atoms with van der Waals surface area (Å²) < 4.78 is 5.05. The summed E-state index contributed by atoms with van der Waals surface area (Å²) >= 11 is 0. The fourth-order valence-electron chi connectivity index (χ4n) is 2.21. The van der Waals surface area contributed by atoms with E-state index in [1.54, 1.807) is 13.8 Å². The van der Waals surface area contributed by atoms with Gasteiger partial charge in [0.05, 0.1) is 12.2 Å². The Balaban J connectivity index is 2.59. The lowest BCUT2D eigenvalue weighted by atomic mass is 9.85. The molecule has 0 aromatic rings. The Hall–Kier alpha value is -1.24. The molecule has 1 N–H and O–H groups in total. The molecule has 1 amide bonds. The largest absolute Gasteiger partial charge is 0.447 e. The van der Waals surface area contributed by atoms with E-state index in [0.717, 1.165) is 38.5 Å². The number of alkyl carbamates (subject to hydrolysis) is 1. The average Bonchev–Trinajstić information content (AvgIpc) is 2.21. The van der Waals surface area contributed by atoms with Crippen LogP contribution in [0.25, 0.3) is 0 Å². The summed E-state index contributed by atoms with van der Waals surface area (Å²) in [5, 5.41) is 12.1. The summed E-state index contributed by atoms with van der Waals surface area (Å²) in [6.07, 6.45) is 6.35. The molecule has 0 aromatic heterocycles. The average molecular weight is 238 g/mol. The summed E-state index contributed by atoms with van der Waals surface area (Å²) in [6, 6.07) is 2.28. The second kappa shape index (κ2) is 6.48. The number of hydrogen-bond acceptors (Lipinski definition) is 3. The Morgan fingerprint density at radius 1 is 1.24 bits per heavy atom. The van der Waals surface area contributed by atoms with E-state index in [2.05, 4.69) is 11.4 Å². The fourth-order valence-corrected chi connectivity index (χ4v) is 2.21. The van der Waals surface area contributed by atoms with E-state index in [0.29, 0.717) is 0 Å². The molecule has 1 rings (SSSR count). The van der Waals surface area contributed by atoms with E-state index in [4.69, 9.17) is 4.74 Å². The molecule has 0 unspecified atom stereocenters. The molecule has 1 fully saturated rings. The molecule has 0 aromatic carbocycles. The van der Waals surface area contributed by atoms with Crippen LogP contribution < -0.4 is 5.32 Å². The maximum absolute atomic E-state index is 11.6. The van der Waals surface area contributed by atoms with Crippen molar-refractivity contribution >= 4 is 6.09 Å². The van der Waals surface area contributed by atoms with Crippen LogP contribution in [0.3, 0.4) is 0 Å². The third-order valence-electron chi connectivity index (χ3n) is 3.11. The molecule has 4 heteroatoms. The molecule has 0 bridgehead atoms. The molecule has 0 spiro atoms. The van der Waals surface area contributed by atoms with Crippen molar-refractivity contribution in [2.75, 3.05) is 0 Å². The molecule has 4 nitrogen and oxygen atoms in total. The fraction of sp³-hybridized carbons (Fsp3) is 0.846. The Labute approximate surface area is 103 Å². The Morgan fingerprint density at radius 2 is 1.76 bits per heavy atom. The highest BCUT2D eigenvalue weighted by Gasteiger charge is 2.32. The van der Waals surface area contributed by atoms with Crippen molar-refractivity contribution in [3.63, 3.8) is 0 Å². The van der Waals surface area contributed by atoms with Gasteiger partial charge in [-0.15, -0.1) is 0 Å². The van der Waals surface area contributed by atoms with Crippen molar-refractivity contribution < 1.29 is 9.53 Å². The first-order valence-corrected chi connectivity index (χ1v) is 6.48. The van der Waals surface area contributed by atoms with Crippen molar-refractivity contribution in [2.24, 2.45) is 0 Å². The SMILES string of the molecule is CC(C)OC(=O)NC1(C#N)CCCCCCC1. The topological polar surface area (TPSA) is 62.1 Å². The van der Waals surface area contributed by atoms with E-state index >= 15 is 0 Å². The zero-order chi connectivity index (χ0) is 12.7. The third kappa shape index (κ3) is 4.64. The molecule has 0 saturated heterocycles. The van der Waals surface area contributed by atoms with Crippen LogP contribution >= 0.6 is 0 Å². The highest BCUT2D eigenvalue weighted by atomic mass is 16.6. The van der Waals surface area contributed by atoms with Gasteiger partial charge >= 0.3 is 6.09 Å². The number of amides is 1. The van der Waals surface area contributed by atoms with Gasteiger partial charge in [0.25, 0.3) is 0 Å². The van der Waals surface area contributed by atoms with Crippen LogP contribution in [0.1, 0.15) is 58.8 Å². The molecule has 96 valence electrons. The quantitative estimate of drug-likeness (QED) is 0.804. The van der Waals surface area contributed by atoms with Crippen LogP contribution in [0.5, 0.6) is 0 Å². The van der Waals surface area contributed by atoms with Crippen LogP contribution in [0.4, 0.5) is 4.79 Å². The van der Waals surface area contributed by atoms with Crippen LogP contribution in [0.2, 0.25) is 0 Å². The van der Waals surface area contributed by atoms with Gasteiger partial charge in [-0.25, -0.2) is 4.79 Å². The summed E-state index contributed by atoms with van der Waals surface area (Å²) in [4.78, 5) is 11.6. The Kier molecular flexibility index (Phi) is 5.27. The van der Waals surface area contributed by atoms with Gasteiger partial charge in [-0.2, -0.15) is 5.26 Å². The van der Waals surface area contributed by atoms with Crippen LogP contribution in [0.15, 0.2) is 0 Å². The number of nitrogens with one attached hydrogen (secondary N) is 1. The number of nitrogens with zero attached hydrogens (tertiary/aromatic N) is 1. The van der Waals surface area contributed by atoms with E-state index < -0.39 is 11.6 Å². The summed E-state index contributed by atoms with van der Waals surface area (Å²) in [7, 11) is 0. The minimum absolute atomic E-state index is 0.153. The number of carbonyl (C=O) groups is 1. The molecule has 1 saturated carbocycles. The highest BCUT2D eigenvalue weighted by Crippen LogP contribution is 2.26. The summed E-state index contributed by atoms with van der Waals surface area (Å²) in [5.74, 6) is 0. The van der Waals surface area contributed by atoms with Gasteiger partial charge in [0, 0.05) is 0 Å². The van der Waals surface area contributed by atoms with Crippen LogP contribution in [-0.2, 0) is 4.74 Å². The van der Waals surface area contributed by atoms with Gasteiger partial charge in [0.2, 0.25) is 0 Å². The predicted octanol–water partition coefficient (Wildman–Crippen LogP) is 3.13. The summed E-state index contributed by atoms with van der Waals surface area (Å²) in [5.41, 5.74) is -0.716. The molecule has 1 aliphatic carbocycles. The molecule has 0 aliphatic heterocycles. The van der Waals surface area contributed by atoms with E-state index in [1.165, 1.54) is 6.42 Å². The van der Waals surface area contributed by atoms with Gasteiger partial charge in [-0.3, -0.25) is 0 Å². The van der Waals surface area contributed by atoms with Gasteiger partial charge in [-0.05, 0) is 26.7 Å². The lowest BCUT2D eigenvalue weighted by Crippen LogP contribution is -2.48. The van der Waals surface area contributed by atoms with Crippen molar-refractivity contribution in [1.82, 2.24) is 5.32 Å². The number of ether oxygens (including phenoxy) is 1. The van der Waals surface area contributed by atoms with Crippen molar-refractivity contribution in [2.45, 2.75) is 70.4 Å². The second-order valence-electron chi connectivity index (χ2n) is 5.04. The lowest BCUT2D eigenvalue weighted by Gasteiger charge is -2.29. The number of rotatable bonds is 2. The molecule has 0 radical (unpaired) electrons. The van der Waals surface area contributed by atoms with Gasteiger partial charge in [0.15, 0.2) is 0 Å². The smallest absolute Gasteiger partial charge is 0.408 e. The molecule has 0 heterocycles. The Morgan fingerprint density at radius 3 is 2.24 bits per heavy atom. The minimum atomic E-state index is -0.716. The highest BCUT2D eigenvalue weighted by molar-refractivity contribution is 5.69. The first kappa shape index (κ1) is 13.8. The monoisotopic (exact) mass is 238 g/mol. The van der Waals surface area contributed by atoms with Gasteiger partial charge in [-0.1, -0.05) is 32.1 Å². The first-order valence-electron chi connectivity index (χ1n) is 6.48. The van der Waals surface area contributed by atoms with Crippen molar-refractivity contribution in [3.8, 4) is 6.07 Å². The molecule has 1 aliphatic rings. The molecule has 0 atom stereocenters. The number of carbonyl (C=O) groups excluding carboxylic acids is 1. The molecule has 17 heavy (non-hydrogen) atoms. The maximum Gasteiger partial charge on any atom is 0.408 e. The third-order valence-corrected chi connectivity index (χ3v) is 3.11. The number of hydrogen-bond donors (Lipinski definition) is 1. The molecular weight excluding hydrogens is 216 g/mol. The maximum atomic E-state index is 11.6. The second-order valence-corrected chi connectivity index (χ2v) is 5.04. The van der Waals surface area contributed by atoms with Crippen LogP contribution in [0, 0.1) is 11.3 Å². The first-order chi connectivity index (χ1) is 8.08. The van der Waals surface area contributed by atoms with Crippen LogP contribution in [-0.4, -0.2) is 17.7 Å². The molecular formula is C13H22N2O2.